The predicted molar refractivity (Wildman–Crippen MR) is 117 cm³/mol. The predicted octanol–water partition coefficient (Wildman–Crippen LogP) is 4.41. The maximum absolute atomic E-state index is 12.9. The number of sulfone groups is 1. The quantitative estimate of drug-likeness (QED) is 0.556. The summed E-state index contributed by atoms with van der Waals surface area (Å²) in [4.78, 5) is 23.5. The summed E-state index contributed by atoms with van der Waals surface area (Å²) in [5.41, 5.74) is -4.25. The molecule has 0 spiro atoms. The van der Waals surface area contributed by atoms with Gasteiger partial charge in [0.05, 0.1) is 20.5 Å². The van der Waals surface area contributed by atoms with Gasteiger partial charge in [0.2, 0.25) is 21.3 Å². The number of carbonyl (C=O) groups excluding carboxylic acids is 2. The van der Waals surface area contributed by atoms with Gasteiger partial charge in [0, 0.05) is 11.1 Å². The Bertz CT molecular complexity index is 1170. The normalized spacial score (nSPS) is 14.3. The minimum absolute atomic E-state index is 0.121. The monoisotopic (exact) mass is 506 g/mol. The van der Waals surface area contributed by atoms with Crippen LogP contribution in [0.2, 0.25) is 5.02 Å². The first-order chi connectivity index (χ1) is 14.9. The Morgan fingerprint density at radius 1 is 0.879 bits per heavy atom. The summed E-state index contributed by atoms with van der Waals surface area (Å²) < 4.78 is 64.2. The van der Waals surface area contributed by atoms with Crippen LogP contribution in [0.4, 0.5) is 24.5 Å². The molecular formula is C21H22ClF3N2O5S. The van der Waals surface area contributed by atoms with Gasteiger partial charge >= 0.3 is 6.18 Å². The van der Waals surface area contributed by atoms with E-state index in [9.17, 15) is 36.3 Å². The van der Waals surface area contributed by atoms with Crippen LogP contribution in [0.3, 0.4) is 0 Å². The van der Waals surface area contributed by atoms with Crippen molar-refractivity contribution in [2.45, 2.75) is 49.3 Å². The van der Waals surface area contributed by atoms with Crippen molar-refractivity contribution in [3.63, 3.8) is 0 Å². The molecule has 1 atom stereocenters. The van der Waals surface area contributed by atoms with Gasteiger partial charge in [-0.1, -0.05) is 32.4 Å². The molecule has 0 aliphatic rings. The summed E-state index contributed by atoms with van der Waals surface area (Å²) in [7, 11) is -4.07. The molecule has 180 valence electrons. The number of aliphatic hydroxyl groups is 1. The van der Waals surface area contributed by atoms with Crippen molar-refractivity contribution in [1.82, 2.24) is 0 Å². The zero-order valence-electron chi connectivity index (χ0n) is 18.0. The topological polar surface area (TPSA) is 113 Å². The molecule has 1 unspecified atom stereocenters. The van der Waals surface area contributed by atoms with Crippen molar-refractivity contribution in [3.05, 3.63) is 47.5 Å². The second kappa shape index (κ2) is 8.96. The van der Waals surface area contributed by atoms with Crippen LogP contribution in [-0.4, -0.2) is 37.1 Å². The van der Waals surface area contributed by atoms with Crippen LogP contribution in [0, 0.1) is 5.41 Å². The molecule has 0 aromatic heterocycles. The molecule has 2 aromatic carbocycles. The molecule has 0 fully saturated rings. The first-order valence-electron chi connectivity index (χ1n) is 9.44. The molecule has 2 aromatic rings. The van der Waals surface area contributed by atoms with E-state index in [0.717, 1.165) is 18.2 Å². The average Bonchev–Trinajstić information content (AvgIpc) is 2.68. The van der Waals surface area contributed by atoms with E-state index in [4.69, 9.17) is 11.6 Å². The van der Waals surface area contributed by atoms with Gasteiger partial charge in [-0.2, -0.15) is 13.2 Å². The first kappa shape index (κ1) is 26.6. The Morgan fingerprint density at radius 2 is 1.39 bits per heavy atom. The Morgan fingerprint density at radius 3 is 1.85 bits per heavy atom. The fourth-order valence-electron chi connectivity index (χ4n) is 2.31. The SMILES string of the molecule is CC(C)(C)C(=O)Nc1ccc(S(=O)(=O)c2ccc(NC(=O)C(C)(O)C(F)(F)F)c(Cl)c2)cc1. The summed E-state index contributed by atoms with van der Waals surface area (Å²) in [6.07, 6.45) is -5.23. The van der Waals surface area contributed by atoms with Crippen LogP contribution in [0.25, 0.3) is 0 Å². The molecule has 0 saturated heterocycles. The fourth-order valence-corrected chi connectivity index (χ4v) is 3.89. The Labute approximate surface area is 193 Å². The molecule has 2 rings (SSSR count). The smallest absolute Gasteiger partial charge is 0.373 e. The number of hydrogen-bond acceptors (Lipinski definition) is 5. The van der Waals surface area contributed by atoms with E-state index in [1.807, 2.05) is 5.32 Å². The van der Waals surface area contributed by atoms with Gasteiger partial charge in [-0.15, -0.1) is 0 Å². The summed E-state index contributed by atoms with van der Waals surface area (Å²) in [6.45, 7) is 5.45. The summed E-state index contributed by atoms with van der Waals surface area (Å²) in [5.74, 6) is -2.03. The first-order valence-corrected chi connectivity index (χ1v) is 11.3. The van der Waals surface area contributed by atoms with E-state index < -0.39 is 32.9 Å². The van der Waals surface area contributed by atoms with E-state index in [-0.39, 0.29) is 33.3 Å². The van der Waals surface area contributed by atoms with Crippen molar-refractivity contribution < 1.29 is 36.3 Å². The minimum atomic E-state index is -5.23. The molecule has 3 N–H and O–H groups in total. The molecule has 0 saturated carbocycles. The molecule has 0 aliphatic carbocycles. The molecule has 7 nitrogen and oxygen atoms in total. The largest absolute Gasteiger partial charge is 0.426 e. The second-order valence-corrected chi connectivity index (χ2v) is 10.8. The third-order valence-corrected chi connectivity index (χ3v) is 6.68. The number of carbonyl (C=O) groups is 2. The zero-order valence-corrected chi connectivity index (χ0v) is 19.6. The lowest BCUT2D eigenvalue weighted by Crippen LogP contribution is -2.52. The highest BCUT2D eigenvalue weighted by atomic mass is 35.5. The second-order valence-electron chi connectivity index (χ2n) is 8.40. The van der Waals surface area contributed by atoms with E-state index in [1.165, 1.54) is 24.3 Å². The summed E-state index contributed by atoms with van der Waals surface area (Å²) >= 11 is 5.97. The van der Waals surface area contributed by atoms with Crippen molar-refractivity contribution in [2.24, 2.45) is 5.41 Å². The van der Waals surface area contributed by atoms with Crippen molar-refractivity contribution in [2.75, 3.05) is 10.6 Å². The van der Waals surface area contributed by atoms with Gasteiger partial charge in [0.15, 0.2) is 0 Å². The number of halogens is 4. The number of benzene rings is 2. The number of hydrogen-bond donors (Lipinski definition) is 3. The lowest BCUT2D eigenvalue weighted by molar-refractivity contribution is -0.242. The van der Waals surface area contributed by atoms with Gasteiger partial charge < -0.3 is 15.7 Å². The molecule has 33 heavy (non-hydrogen) atoms. The number of anilines is 2. The average molecular weight is 507 g/mol. The lowest BCUT2D eigenvalue weighted by atomic mass is 9.95. The summed E-state index contributed by atoms with van der Waals surface area (Å²) in [5, 5.41) is 13.6. The van der Waals surface area contributed by atoms with Crippen LogP contribution in [0.5, 0.6) is 0 Å². The van der Waals surface area contributed by atoms with E-state index >= 15 is 0 Å². The lowest BCUT2D eigenvalue weighted by Gasteiger charge is -2.25. The number of rotatable bonds is 5. The Kier molecular flexibility index (Phi) is 7.23. The van der Waals surface area contributed by atoms with Gasteiger partial charge in [-0.25, -0.2) is 8.42 Å². The Hall–Kier alpha value is -2.63. The number of alkyl halides is 3. The zero-order chi connectivity index (χ0) is 25.4. The molecule has 2 amide bonds. The molecule has 0 radical (unpaired) electrons. The fraction of sp³-hybridized carbons (Fsp3) is 0.333. The van der Waals surface area contributed by atoms with Gasteiger partial charge in [-0.3, -0.25) is 9.59 Å². The molecule has 12 heteroatoms. The van der Waals surface area contributed by atoms with Gasteiger partial charge in [0.25, 0.3) is 5.91 Å². The maximum atomic E-state index is 12.9. The van der Waals surface area contributed by atoms with Gasteiger partial charge in [0.1, 0.15) is 0 Å². The van der Waals surface area contributed by atoms with E-state index in [0.29, 0.717) is 5.69 Å². The minimum Gasteiger partial charge on any atom is -0.373 e. The molecule has 0 aliphatic heterocycles. The third-order valence-electron chi connectivity index (χ3n) is 4.60. The maximum Gasteiger partial charge on any atom is 0.426 e. The molecule has 0 heterocycles. The number of nitrogens with one attached hydrogen (secondary N) is 2. The van der Waals surface area contributed by atoms with Crippen LogP contribution < -0.4 is 10.6 Å². The highest BCUT2D eigenvalue weighted by Crippen LogP contribution is 2.33. The van der Waals surface area contributed by atoms with Crippen LogP contribution in [0.1, 0.15) is 27.7 Å². The Balaban J connectivity index is 2.26. The standard InChI is InChI=1S/C21H22ClF3N2O5S/c1-19(2,3)17(28)26-12-5-7-13(8-6-12)33(31,32)14-9-10-16(15(22)11-14)27-18(29)20(4,30)21(23,24)25/h5-11,30H,1-4H3,(H,26,28)(H,27,29). The van der Waals surface area contributed by atoms with Crippen molar-refractivity contribution in [1.29, 1.82) is 0 Å². The molecule has 0 bridgehead atoms. The van der Waals surface area contributed by atoms with Crippen LogP contribution in [0.15, 0.2) is 52.3 Å². The highest BCUT2D eigenvalue weighted by Gasteiger charge is 2.55. The van der Waals surface area contributed by atoms with Crippen molar-refractivity contribution in [3.8, 4) is 0 Å². The third kappa shape index (κ3) is 5.84. The van der Waals surface area contributed by atoms with E-state index in [2.05, 4.69) is 5.32 Å². The van der Waals surface area contributed by atoms with Gasteiger partial charge in [-0.05, 0) is 49.4 Å². The summed E-state index contributed by atoms with van der Waals surface area (Å²) in [6, 6.07) is 8.39. The highest BCUT2D eigenvalue weighted by molar-refractivity contribution is 7.91. The van der Waals surface area contributed by atoms with Crippen LogP contribution >= 0.6 is 11.6 Å². The van der Waals surface area contributed by atoms with Crippen molar-refractivity contribution >= 4 is 44.6 Å². The van der Waals surface area contributed by atoms with E-state index in [1.54, 1.807) is 20.8 Å². The number of amides is 2. The van der Waals surface area contributed by atoms with Crippen LogP contribution in [-0.2, 0) is 19.4 Å². The molecular weight excluding hydrogens is 485 g/mol.